The summed E-state index contributed by atoms with van der Waals surface area (Å²) in [7, 11) is 1.58. The number of aromatic nitrogens is 2. The molecule has 2 saturated carbocycles. The summed E-state index contributed by atoms with van der Waals surface area (Å²) in [6.45, 7) is 2.75. The Morgan fingerprint density at radius 2 is 1.92 bits per heavy atom. The van der Waals surface area contributed by atoms with E-state index >= 15 is 0 Å². The Hall–Kier alpha value is -4.92. The van der Waals surface area contributed by atoms with Crippen LogP contribution in [0.1, 0.15) is 71.1 Å². The van der Waals surface area contributed by atoms with Gasteiger partial charge in [0.2, 0.25) is 11.8 Å². The van der Waals surface area contributed by atoms with E-state index in [-0.39, 0.29) is 31.4 Å². The monoisotopic (exact) mass is 746 g/mol. The lowest BCUT2D eigenvalue weighted by molar-refractivity contribution is -0.145. The number of fused-ring (bicyclic) bond motifs is 3. The highest BCUT2D eigenvalue weighted by molar-refractivity contribution is 7.14. The summed E-state index contributed by atoms with van der Waals surface area (Å²) in [6.07, 6.45) is 8.75. The number of rotatable bonds is 9. The fraction of sp³-hybridized carbons (Fsp3) is 0.526. The van der Waals surface area contributed by atoms with E-state index < -0.39 is 47.6 Å². The number of ether oxygens (including phenoxy) is 3. The fourth-order valence-corrected chi connectivity index (χ4v) is 8.07. The van der Waals surface area contributed by atoms with Gasteiger partial charge in [0, 0.05) is 41.8 Å². The molecule has 3 fully saturated rings. The van der Waals surface area contributed by atoms with Crippen molar-refractivity contribution >= 4 is 51.2 Å². The van der Waals surface area contributed by atoms with Gasteiger partial charge in [-0.15, -0.1) is 11.3 Å². The normalized spacial score (nSPS) is 26.9. The van der Waals surface area contributed by atoms with Gasteiger partial charge in [-0.1, -0.05) is 25.0 Å². The van der Waals surface area contributed by atoms with Crippen LogP contribution in [-0.2, 0) is 19.1 Å². The number of methoxy groups -OCH3 is 1. The maximum Gasteiger partial charge on any atom is 0.408 e. The molecule has 0 bridgehead atoms. The standard InChI is InChI=1S/C38H46N6O8S/c1-3-39-36-41-30(21-53-36)29-18-32(26-15-14-24(50-2)16-28(26)40-29)51-25-17-31-33(45)43-38(35(47)48)19-22(38)10-7-5-4-6-8-13-27(34(46)44(31)20-25)42-37(49)52-23-11-9-12-23/h7,10,14-16,18,21-23,25,27,31H,3-6,8-9,11-13,17,19-20H2,1-2H3,(H,39,41)(H,42,49)(H,43,45)(H,47,48)/b10-7-/t22-,25-,27-,31?,38-/m1/s1. The molecule has 2 aromatic heterocycles. The summed E-state index contributed by atoms with van der Waals surface area (Å²) >= 11 is 1.46. The van der Waals surface area contributed by atoms with E-state index in [1.54, 1.807) is 13.2 Å². The number of carbonyl (C=O) groups excluding carboxylic acids is 3. The largest absolute Gasteiger partial charge is 0.497 e. The molecule has 0 spiro atoms. The number of carboxylic acid groups (broad SMARTS) is 1. The molecule has 1 aromatic carbocycles. The first-order valence-electron chi connectivity index (χ1n) is 18.5. The topological polar surface area (TPSA) is 181 Å². The molecule has 1 unspecified atom stereocenters. The predicted octanol–water partition coefficient (Wildman–Crippen LogP) is 5.27. The van der Waals surface area contributed by atoms with Crippen LogP contribution < -0.4 is 25.4 Å². The first-order chi connectivity index (χ1) is 25.7. The molecule has 4 heterocycles. The van der Waals surface area contributed by atoms with Crippen molar-refractivity contribution in [1.82, 2.24) is 25.5 Å². The van der Waals surface area contributed by atoms with Crippen LogP contribution in [0, 0.1) is 5.92 Å². The molecule has 53 heavy (non-hydrogen) atoms. The average molecular weight is 747 g/mol. The summed E-state index contributed by atoms with van der Waals surface area (Å²) in [5.41, 5.74) is 0.402. The molecule has 7 rings (SSSR count). The predicted molar refractivity (Wildman–Crippen MR) is 198 cm³/mol. The number of benzene rings is 1. The molecule has 4 N–H and O–H groups in total. The zero-order chi connectivity index (χ0) is 37.1. The Balaban J connectivity index is 1.20. The van der Waals surface area contributed by atoms with Crippen LogP contribution in [0.2, 0.25) is 0 Å². The lowest BCUT2D eigenvalue weighted by atomic mass is 9.96. The lowest BCUT2D eigenvalue weighted by Gasteiger charge is -2.30. The molecular weight excluding hydrogens is 701 g/mol. The minimum atomic E-state index is -1.44. The molecule has 15 heteroatoms. The molecule has 2 aliphatic heterocycles. The number of thiazole rings is 1. The van der Waals surface area contributed by atoms with Gasteiger partial charge >= 0.3 is 12.1 Å². The summed E-state index contributed by atoms with van der Waals surface area (Å²) in [4.78, 5) is 65.1. The number of alkyl carbamates (subject to hydrolysis) is 1. The minimum absolute atomic E-state index is 0.0345. The van der Waals surface area contributed by atoms with Crippen LogP contribution in [-0.4, -0.2) is 93.9 Å². The van der Waals surface area contributed by atoms with E-state index in [1.807, 2.05) is 42.7 Å². The van der Waals surface area contributed by atoms with Crippen molar-refractivity contribution in [3.8, 4) is 22.9 Å². The second kappa shape index (κ2) is 15.6. The number of carbonyl (C=O) groups is 4. The van der Waals surface area contributed by atoms with Crippen molar-refractivity contribution in [3.63, 3.8) is 0 Å². The summed E-state index contributed by atoms with van der Waals surface area (Å²) < 4.78 is 17.7. The number of nitrogens with one attached hydrogen (secondary N) is 3. The molecule has 2 aliphatic carbocycles. The summed E-state index contributed by atoms with van der Waals surface area (Å²) in [5, 5.41) is 22.4. The molecule has 3 amide bonds. The van der Waals surface area contributed by atoms with E-state index in [9.17, 15) is 24.3 Å². The lowest BCUT2D eigenvalue weighted by Crippen LogP contribution is -2.56. The molecular formula is C38H46N6O8S. The number of allylic oxidation sites excluding steroid dienone is 1. The second-order valence-electron chi connectivity index (χ2n) is 14.2. The molecule has 5 atom stereocenters. The third-order valence-corrected chi connectivity index (χ3v) is 11.4. The van der Waals surface area contributed by atoms with Gasteiger partial charge in [-0.3, -0.25) is 9.59 Å². The zero-order valence-electron chi connectivity index (χ0n) is 30.0. The molecule has 3 aromatic rings. The van der Waals surface area contributed by atoms with E-state index in [1.165, 1.54) is 16.2 Å². The van der Waals surface area contributed by atoms with Crippen molar-refractivity contribution in [3.05, 3.63) is 41.8 Å². The van der Waals surface area contributed by atoms with Gasteiger partial charge in [-0.25, -0.2) is 19.6 Å². The zero-order valence-corrected chi connectivity index (χ0v) is 30.8. The quantitative estimate of drug-likeness (QED) is 0.209. The number of anilines is 1. The van der Waals surface area contributed by atoms with Crippen LogP contribution in [0.5, 0.6) is 11.5 Å². The number of aliphatic carboxylic acids is 1. The van der Waals surface area contributed by atoms with Crippen molar-refractivity contribution in [1.29, 1.82) is 0 Å². The van der Waals surface area contributed by atoms with Gasteiger partial charge in [-0.2, -0.15) is 0 Å². The smallest absolute Gasteiger partial charge is 0.408 e. The Morgan fingerprint density at radius 1 is 1.08 bits per heavy atom. The van der Waals surface area contributed by atoms with E-state index in [0.29, 0.717) is 46.6 Å². The second-order valence-corrected chi connectivity index (χ2v) is 15.1. The Kier molecular flexibility index (Phi) is 10.7. The number of hydrogen-bond acceptors (Lipinski definition) is 11. The van der Waals surface area contributed by atoms with Gasteiger partial charge in [0.25, 0.3) is 0 Å². The highest BCUT2D eigenvalue weighted by Crippen LogP contribution is 2.45. The van der Waals surface area contributed by atoms with Crippen molar-refractivity contribution < 1.29 is 38.5 Å². The first-order valence-corrected chi connectivity index (χ1v) is 19.4. The number of carboxylic acids is 1. The van der Waals surface area contributed by atoms with Crippen LogP contribution in [0.25, 0.3) is 22.3 Å². The molecule has 14 nitrogen and oxygen atoms in total. The SMILES string of the molecule is CCNc1nc(-c2cc(O[C@@H]3CC4C(=O)N[C@]5(C(=O)O)C[C@H]5/C=C\CCCCC[C@@H](NC(=O)OC5CCC5)C(=O)N4C3)c3ccc(OC)cc3n2)cs1. The minimum Gasteiger partial charge on any atom is -0.497 e. The maximum atomic E-state index is 14.5. The highest BCUT2D eigenvalue weighted by atomic mass is 32.1. The third-order valence-electron chi connectivity index (χ3n) is 10.6. The molecule has 282 valence electrons. The summed E-state index contributed by atoms with van der Waals surface area (Å²) in [5.74, 6) is -1.37. The van der Waals surface area contributed by atoms with Gasteiger partial charge in [0.1, 0.15) is 47.0 Å². The Bertz CT molecular complexity index is 1900. The van der Waals surface area contributed by atoms with E-state index in [2.05, 4.69) is 20.9 Å². The number of nitrogens with zero attached hydrogens (tertiary/aromatic N) is 3. The third kappa shape index (κ3) is 7.90. The van der Waals surface area contributed by atoms with E-state index in [4.69, 9.17) is 19.2 Å². The van der Waals surface area contributed by atoms with Crippen LogP contribution in [0.15, 0.2) is 41.8 Å². The van der Waals surface area contributed by atoms with Gasteiger partial charge in [0.15, 0.2) is 5.13 Å². The van der Waals surface area contributed by atoms with Crippen molar-refractivity contribution in [2.75, 3.05) is 25.5 Å². The van der Waals surface area contributed by atoms with Gasteiger partial charge < -0.3 is 40.2 Å². The molecule has 1 saturated heterocycles. The number of amides is 3. The van der Waals surface area contributed by atoms with Crippen LogP contribution in [0.3, 0.4) is 0 Å². The van der Waals surface area contributed by atoms with Gasteiger partial charge in [0.05, 0.1) is 24.9 Å². The first kappa shape index (κ1) is 36.4. The Labute approximate surface area is 311 Å². The van der Waals surface area contributed by atoms with Crippen LogP contribution in [0.4, 0.5) is 9.93 Å². The highest BCUT2D eigenvalue weighted by Gasteiger charge is 2.61. The van der Waals surface area contributed by atoms with Crippen LogP contribution >= 0.6 is 11.3 Å². The molecule has 4 aliphatic rings. The maximum absolute atomic E-state index is 14.5. The number of hydrogen-bond donors (Lipinski definition) is 4. The molecule has 0 radical (unpaired) electrons. The average Bonchev–Trinajstić information content (AvgIpc) is 3.41. The van der Waals surface area contributed by atoms with Crippen molar-refractivity contribution in [2.45, 2.75) is 101 Å². The van der Waals surface area contributed by atoms with E-state index in [0.717, 1.165) is 50.2 Å². The summed E-state index contributed by atoms with van der Waals surface area (Å²) in [6, 6.07) is 5.30. The Morgan fingerprint density at radius 3 is 2.68 bits per heavy atom. The van der Waals surface area contributed by atoms with Gasteiger partial charge in [-0.05, 0) is 64.0 Å². The number of pyridine rings is 1. The van der Waals surface area contributed by atoms with Crippen molar-refractivity contribution in [2.24, 2.45) is 5.92 Å². The fourth-order valence-electron chi connectivity index (χ4n) is 7.30.